The first-order valence-electron chi connectivity index (χ1n) is 22.6. The van der Waals surface area contributed by atoms with E-state index in [1.54, 1.807) is 51.8 Å². The summed E-state index contributed by atoms with van der Waals surface area (Å²) >= 11 is 0. The Morgan fingerprint density at radius 2 is 1.35 bits per heavy atom. The predicted octanol–water partition coefficient (Wildman–Crippen LogP) is 8.46. The normalized spacial score (nSPS) is 14.6. The third-order valence-corrected chi connectivity index (χ3v) is 12.1. The van der Waals surface area contributed by atoms with Gasteiger partial charge in [0.05, 0.1) is 47.8 Å². The van der Waals surface area contributed by atoms with E-state index in [1.807, 2.05) is 117 Å². The molecule has 356 valence electrons. The molecule has 1 heterocycles. The Kier molecular flexibility index (Phi) is 16.2. The van der Waals surface area contributed by atoms with Crippen molar-refractivity contribution in [2.45, 2.75) is 64.6 Å². The molecule has 1 aliphatic rings. The predicted molar refractivity (Wildman–Crippen MR) is 259 cm³/mol. The van der Waals surface area contributed by atoms with E-state index in [2.05, 4.69) is 10.2 Å². The average molecular weight is 925 g/mol. The number of nitrogens with one attached hydrogen (secondary N) is 1. The van der Waals surface area contributed by atoms with E-state index >= 15 is 0 Å². The lowest BCUT2D eigenvalue weighted by Crippen LogP contribution is -2.64. The SMILES string of the molecule is CCOC(=O)C1=C(C)NC(CN(CC(C)(C)N(CC(O)COc2ccccc2OC)C(c2ccccc2)(c2ccccc2)c2ccccc2)C(=O)C(C)C)=C(C(=O)O)C1c1cccc([N+](=O)[O-])c1. The number of β-amino-alcohol motifs (C(OH)–C–C–N with tert-alkyl or cyclic N) is 1. The van der Waals surface area contributed by atoms with Crippen molar-refractivity contribution in [2.75, 3.05) is 40.0 Å². The van der Waals surface area contributed by atoms with Gasteiger partial charge in [-0.3, -0.25) is 19.8 Å². The Morgan fingerprint density at radius 3 is 1.85 bits per heavy atom. The largest absolute Gasteiger partial charge is 0.493 e. The van der Waals surface area contributed by atoms with Crippen LogP contribution >= 0.6 is 0 Å². The number of aliphatic carboxylic acids is 1. The number of para-hydroxylation sites is 2. The number of hydrogen-bond donors (Lipinski definition) is 3. The second-order valence-electron chi connectivity index (χ2n) is 17.6. The maximum Gasteiger partial charge on any atom is 0.336 e. The van der Waals surface area contributed by atoms with Crippen molar-refractivity contribution in [3.63, 3.8) is 0 Å². The van der Waals surface area contributed by atoms with E-state index in [-0.39, 0.29) is 72.5 Å². The van der Waals surface area contributed by atoms with Crippen LogP contribution in [-0.4, -0.2) is 94.4 Å². The third kappa shape index (κ3) is 10.8. The van der Waals surface area contributed by atoms with Gasteiger partial charge in [0.25, 0.3) is 5.69 Å². The van der Waals surface area contributed by atoms with Crippen molar-refractivity contribution in [3.05, 3.63) is 194 Å². The number of rotatable bonds is 21. The van der Waals surface area contributed by atoms with Crippen LogP contribution in [0.1, 0.15) is 69.7 Å². The first-order chi connectivity index (χ1) is 32.5. The molecule has 1 amide bonds. The van der Waals surface area contributed by atoms with E-state index in [0.717, 1.165) is 16.7 Å². The molecule has 0 spiro atoms. The van der Waals surface area contributed by atoms with Crippen LogP contribution in [0.2, 0.25) is 0 Å². The number of benzene rings is 5. The number of aliphatic hydroxyl groups excluding tert-OH is 1. The summed E-state index contributed by atoms with van der Waals surface area (Å²) in [6.07, 6.45) is -1.12. The van der Waals surface area contributed by atoms with E-state index in [1.165, 1.54) is 24.3 Å². The minimum Gasteiger partial charge on any atom is -0.493 e. The second-order valence-corrected chi connectivity index (χ2v) is 17.6. The number of carboxylic acids is 1. The van der Waals surface area contributed by atoms with E-state index in [9.17, 15) is 34.7 Å². The molecular formula is C54H60N4O10. The molecule has 6 rings (SSSR count). The van der Waals surface area contributed by atoms with Crippen LogP contribution in [0.3, 0.4) is 0 Å². The molecule has 1 aliphatic heterocycles. The lowest BCUT2D eigenvalue weighted by molar-refractivity contribution is -0.384. The number of carbonyl (C=O) groups is 3. The summed E-state index contributed by atoms with van der Waals surface area (Å²) in [6, 6.07) is 42.5. The van der Waals surface area contributed by atoms with Crippen molar-refractivity contribution in [2.24, 2.45) is 5.92 Å². The number of hydrogen-bond acceptors (Lipinski definition) is 11. The molecule has 2 unspecified atom stereocenters. The molecule has 0 aromatic heterocycles. The number of non-ortho nitro benzene ring substituents is 1. The molecule has 5 aromatic carbocycles. The fourth-order valence-corrected chi connectivity index (χ4v) is 9.26. The average Bonchev–Trinajstić information content (AvgIpc) is 3.33. The highest BCUT2D eigenvalue weighted by Gasteiger charge is 2.50. The number of allylic oxidation sites excluding steroid dienone is 1. The highest BCUT2D eigenvalue weighted by atomic mass is 16.6. The number of carboxylic acid groups (broad SMARTS) is 1. The summed E-state index contributed by atoms with van der Waals surface area (Å²) in [5.74, 6) is -3.38. The number of esters is 1. The van der Waals surface area contributed by atoms with E-state index < -0.39 is 45.9 Å². The molecule has 0 fully saturated rings. The lowest BCUT2D eigenvalue weighted by atomic mass is 9.73. The van der Waals surface area contributed by atoms with Crippen molar-refractivity contribution in [1.29, 1.82) is 0 Å². The summed E-state index contributed by atoms with van der Waals surface area (Å²) in [7, 11) is 1.55. The van der Waals surface area contributed by atoms with Crippen LogP contribution in [0.25, 0.3) is 0 Å². The molecule has 5 aromatic rings. The van der Waals surface area contributed by atoms with Crippen LogP contribution in [0.15, 0.2) is 162 Å². The fraction of sp³-hybridized carbons (Fsp3) is 0.315. The molecule has 0 bridgehead atoms. The second kappa shape index (κ2) is 22.0. The minimum absolute atomic E-state index is 0.00377. The Balaban J connectivity index is 1.55. The topological polar surface area (TPSA) is 181 Å². The lowest BCUT2D eigenvalue weighted by Gasteiger charge is -2.54. The minimum atomic E-state index is -1.40. The summed E-state index contributed by atoms with van der Waals surface area (Å²) < 4.78 is 17.2. The van der Waals surface area contributed by atoms with Gasteiger partial charge in [-0.15, -0.1) is 0 Å². The fourth-order valence-electron chi connectivity index (χ4n) is 9.26. The zero-order valence-electron chi connectivity index (χ0n) is 39.5. The number of dihydropyridines is 1. The summed E-state index contributed by atoms with van der Waals surface area (Å²) in [5.41, 5.74) is 0.419. The third-order valence-electron chi connectivity index (χ3n) is 12.1. The zero-order valence-corrected chi connectivity index (χ0v) is 39.5. The molecule has 14 nitrogen and oxygen atoms in total. The quantitative estimate of drug-likeness (QED) is 0.0277. The van der Waals surface area contributed by atoms with Gasteiger partial charge >= 0.3 is 11.9 Å². The molecule has 0 saturated heterocycles. The van der Waals surface area contributed by atoms with Gasteiger partial charge in [-0.1, -0.05) is 129 Å². The Morgan fingerprint density at radius 1 is 0.809 bits per heavy atom. The molecule has 0 saturated carbocycles. The van der Waals surface area contributed by atoms with Gasteiger partial charge in [-0.25, -0.2) is 9.59 Å². The van der Waals surface area contributed by atoms with Crippen LogP contribution in [0, 0.1) is 16.0 Å². The van der Waals surface area contributed by atoms with E-state index in [0.29, 0.717) is 11.5 Å². The molecule has 14 heteroatoms. The highest BCUT2D eigenvalue weighted by molar-refractivity contribution is 5.99. The standard InChI is InChI=1S/C54H60N4O10/c1-8-67-52(63)47-37(4)55-44(49(51(61)62)48(47)38-21-20-28-42(31-38)58(64)65)33-56(50(60)36(2)3)35-53(5,6)57(32-43(59)34-68-46-30-19-18-29-45(46)66-7)54(39-22-12-9-13-23-39,40-24-14-10-15-25-40)41-26-16-11-17-27-41/h9-31,36,43,48,55,59H,8,32-35H2,1-7H3,(H,61,62). The number of aliphatic hydroxyl groups is 1. The Bertz CT molecular complexity index is 2540. The highest BCUT2D eigenvalue weighted by Crippen LogP contribution is 2.47. The summed E-state index contributed by atoms with van der Waals surface area (Å²) in [4.78, 5) is 57.3. The molecule has 0 aliphatic carbocycles. The number of nitro benzene ring substituents is 1. The Hall–Kier alpha value is -7.29. The van der Waals surface area contributed by atoms with Gasteiger partial charge in [-0.05, 0) is 62.1 Å². The first kappa shape index (κ1) is 50.1. The van der Waals surface area contributed by atoms with Gasteiger partial charge < -0.3 is 34.6 Å². The summed E-state index contributed by atoms with van der Waals surface area (Å²) in [6.45, 7) is 10.3. The van der Waals surface area contributed by atoms with Crippen LogP contribution < -0.4 is 14.8 Å². The number of nitro groups is 1. The number of ether oxygens (including phenoxy) is 3. The first-order valence-corrected chi connectivity index (χ1v) is 22.6. The monoisotopic (exact) mass is 924 g/mol. The van der Waals surface area contributed by atoms with Gasteiger partial charge in [0.15, 0.2) is 11.5 Å². The van der Waals surface area contributed by atoms with Crippen molar-refractivity contribution in [3.8, 4) is 11.5 Å². The van der Waals surface area contributed by atoms with Crippen LogP contribution in [0.5, 0.6) is 11.5 Å². The van der Waals surface area contributed by atoms with Crippen molar-refractivity contribution >= 4 is 23.5 Å². The number of carbonyl (C=O) groups excluding carboxylic acids is 2. The summed E-state index contributed by atoms with van der Waals surface area (Å²) in [5, 5.41) is 38.5. The molecule has 68 heavy (non-hydrogen) atoms. The zero-order chi connectivity index (χ0) is 49.2. The number of methoxy groups -OCH3 is 1. The van der Waals surface area contributed by atoms with Crippen LogP contribution in [-0.2, 0) is 24.7 Å². The Labute approximate surface area is 397 Å². The van der Waals surface area contributed by atoms with Gasteiger partial charge in [0.1, 0.15) is 12.7 Å². The number of nitrogens with zero attached hydrogens (tertiary/aromatic N) is 3. The maximum atomic E-state index is 14.8. The van der Waals surface area contributed by atoms with Crippen molar-refractivity contribution in [1.82, 2.24) is 15.1 Å². The molecule has 3 N–H and O–H groups in total. The van der Waals surface area contributed by atoms with Crippen molar-refractivity contribution < 1.29 is 43.7 Å². The molecule has 0 radical (unpaired) electrons. The van der Waals surface area contributed by atoms with Crippen LogP contribution in [0.4, 0.5) is 5.69 Å². The smallest absolute Gasteiger partial charge is 0.336 e. The maximum absolute atomic E-state index is 14.8. The van der Waals surface area contributed by atoms with Gasteiger partial charge in [0, 0.05) is 48.1 Å². The number of amides is 1. The molecular weight excluding hydrogens is 865 g/mol. The molecule has 2 atom stereocenters. The van der Waals surface area contributed by atoms with Gasteiger partial charge in [0.2, 0.25) is 5.91 Å². The van der Waals surface area contributed by atoms with E-state index in [4.69, 9.17) is 14.2 Å². The van der Waals surface area contributed by atoms with Gasteiger partial charge in [-0.2, -0.15) is 0 Å².